The van der Waals surface area contributed by atoms with Gasteiger partial charge in [-0.1, -0.05) is 19.9 Å². The number of piperidine rings is 1. The van der Waals surface area contributed by atoms with Crippen molar-refractivity contribution in [2.75, 3.05) is 18.8 Å². The highest BCUT2D eigenvalue weighted by Gasteiger charge is 2.27. The van der Waals surface area contributed by atoms with Crippen LogP contribution < -0.4 is 11.1 Å². The summed E-state index contributed by atoms with van der Waals surface area (Å²) in [6, 6.07) is 5.50. The molecule has 1 saturated heterocycles. The minimum Gasteiger partial charge on any atom is -0.399 e. The van der Waals surface area contributed by atoms with Crippen LogP contribution in [0.4, 0.5) is 5.69 Å². The topological polar surface area (TPSA) is 75.4 Å². The van der Waals surface area contributed by atoms with Crippen LogP contribution in [0.2, 0.25) is 0 Å². The molecule has 0 saturated carbocycles. The zero-order chi connectivity index (χ0) is 17.7. The Bertz CT molecular complexity index is 594. The monoisotopic (exact) mass is 367 g/mol. The van der Waals surface area contributed by atoms with E-state index in [0.717, 1.165) is 44.3 Å². The second-order valence-electron chi connectivity index (χ2n) is 6.66. The summed E-state index contributed by atoms with van der Waals surface area (Å²) in [7, 11) is 0. The van der Waals surface area contributed by atoms with Crippen LogP contribution in [0.1, 0.15) is 55.5 Å². The van der Waals surface area contributed by atoms with Crippen molar-refractivity contribution in [1.82, 2.24) is 10.2 Å². The maximum Gasteiger partial charge on any atom is 0.251 e. The van der Waals surface area contributed by atoms with Gasteiger partial charge in [0.1, 0.15) is 0 Å². The molecule has 0 unspecified atom stereocenters. The summed E-state index contributed by atoms with van der Waals surface area (Å²) in [6.07, 6.45) is 3.39. The summed E-state index contributed by atoms with van der Waals surface area (Å²) < 4.78 is 0. The Kier molecular flexibility index (Phi) is 8.23. The standard InChI is InChI=1S/C19H29N3O2.ClH/c1-4-14(5-2)19(24)22-10-8-16(9-11-22)21-18(23)17-12-15(20)7-6-13(17)3;/h6-7,12,14,16H,4-5,8-11,20H2,1-3H3,(H,21,23);1H. The highest BCUT2D eigenvalue weighted by atomic mass is 35.5. The molecule has 25 heavy (non-hydrogen) atoms. The Morgan fingerprint density at radius 2 is 1.84 bits per heavy atom. The molecule has 1 aromatic carbocycles. The molecule has 0 aliphatic carbocycles. The summed E-state index contributed by atoms with van der Waals surface area (Å²) in [4.78, 5) is 26.8. The van der Waals surface area contributed by atoms with E-state index in [4.69, 9.17) is 5.73 Å². The first kappa shape index (κ1) is 21.3. The molecule has 1 aliphatic heterocycles. The molecule has 0 spiro atoms. The maximum atomic E-state index is 12.5. The number of hydrogen-bond acceptors (Lipinski definition) is 3. The van der Waals surface area contributed by atoms with Crippen molar-refractivity contribution < 1.29 is 9.59 Å². The van der Waals surface area contributed by atoms with Crippen LogP contribution >= 0.6 is 12.4 Å². The van der Waals surface area contributed by atoms with Gasteiger partial charge in [-0.05, 0) is 50.3 Å². The van der Waals surface area contributed by atoms with Crippen LogP contribution in [0.15, 0.2) is 18.2 Å². The average molecular weight is 368 g/mol. The van der Waals surface area contributed by atoms with E-state index in [1.54, 1.807) is 12.1 Å². The highest BCUT2D eigenvalue weighted by molar-refractivity contribution is 5.96. The van der Waals surface area contributed by atoms with Crippen LogP contribution in [0.25, 0.3) is 0 Å². The lowest BCUT2D eigenvalue weighted by Gasteiger charge is -2.34. The van der Waals surface area contributed by atoms with E-state index in [0.29, 0.717) is 11.3 Å². The largest absolute Gasteiger partial charge is 0.399 e. The number of carbonyl (C=O) groups is 2. The Morgan fingerprint density at radius 1 is 1.24 bits per heavy atom. The predicted octanol–water partition coefficient (Wildman–Crippen LogP) is 3.16. The van der Waals surface area contributed by atoms with E-state index < -0.39 is 0 Å². The fourth-order valence-electron chi connectivity index (χ4n) is 3.29. The van der Waals surface area contributed by atoms with E-state index in [9.17, 15) is 9.59 Å². The number of anilines is 1. The lowest BCUT2D eigenvalue weighted by atomic mass is 9.98. The number of hydrogen-bond donors (Lipinski definition) is 2. The molecule has 2 amide bonds. The van der Waals surface area contributed by atoms with Crippen molar-refractivity contribution in [2.24, 2.45) is 5.92 Å². The number of nitrogens with one attached hydrogen (secondary N) is 1. The van der Waals surface area contributed by atoms with Gasteiger partial charge in [0.25, 0.3) is 5.91 Å². The normalized spacial score (nSPS) is 15.0. The third-order valence-corrected chi connectivity index (χ3v) is 4.98. The Hall–Kier alpha value is -1.75. The molecule has 0 bridgehead atoms. The molecule has 0 aromatic heterocycles. The van der Waals surface area contributed by atoms with Gasteiger partial charge >= 0.3 is 0 Å². The van der Waals surface area contributed by atoms with Crippen molar-refractivity contribution in [1.29, 1.82) is 0 Å². The fraction of sp³-hybridized carbons (Fsp3) is 0.579. The van der Waals surface area contributed by atoms with Crippen molar-refractivity contribution >= 4 is 29.9 Å². The van der Waals surface area contributed by atoms with E-state index in [2.05, 4.69) is 19.2 Å². The van der Waals surface area contributed by atoms with Crippen molar-refractivity contribution in [3.05, 3.63) is 29.3 Å². The molecule has 1 aliphatic rings. The van der Waals surface area contributed by atoms with Gasteiger partial charge in [-0.15, -0.1) is 12.4 Å². The Balaban J connectivity index is 0.00000312. The molecule has 1 aromatic rings. The molecule has 0 radical (unpaired) electrons. The molecule has 6 heteroatoms. The lowest BCUT2D eigenvalue weighted by Crippen LogP contribution is -2.48. The molecule has 140 valence electrons. The smallest absolute Gasteiger partial charge is 0.251 e. The van der Waals surface area contributed by atoms with Crippen molar-refractivity contribution in [3.8, 4) is 0 Å². The van der Waals surface area contributed by atoms with Crippen LogP contribution in [-0.2, 0) is 4.79 Å². The summed E-state index contributed by atoms with van der Waals surface area (Å²) >= 11 is 0. The van der Waals surface area contributed by atoms with E-state index in [-0.39, 0.29) is 36.2 Å². The number of nitrogens with zero attached hydrogens (tertiary/aromatic N) is 1. The number of benzene rings is 1. The van der Waals surface area contributed by atoms with Crippen LogP contribution in [0.3, 0.4) is 0 Å². The molecule has 5 nitrogen and oxygen atoms in total. The van der Waals surface area contributed by atoms with Gasteiger partial charge in [-0.25, -0.2) is 0 Å². The van der Waals surface area contributed by atoms with Gasteiger partial charge in [0.15, 0.2) is 0 Å². The summed E-state index contributed by atoms with van der Waals surface area (Å²) in [5.41, 5.74) is 7.92. The number of nitrogens with two attached hydrogens (primary N) is 1. The highest BCUT2D eigenvalue weighted by Crippen LogP contribution is 2.18. The van der Waals surface area contributed by atoms with Gasteiger partial charge in [-0.2, -0.15) is 0 Å². The number of aryl methyl sites for hydroxylation is 1. The molecule has 1 fully saturated rings. The number of amides is 2. The third kappa shape index (κ3) is 5.36. The Morgan fingerprint density at radius 3 is 2.40 bits per heavy atom. The molecular weight excluding hydrogens is 338 g/mol. The zero-order valence-electron chi connectivity index (χ0n) is 15.4. The first-order valence-corrected chi connectivity index (χ1v) is 8.92. The number of likely N-dealkylation sites (tertiary alicyclic amines) is 1. The zero-order valence-corrected chi connectivity index (χ0v) is 16.2. The number of carbonyl (C=O) groups excluding carboxylic acids is 2. The predicted molar refractivity (Wildman–Crippen MR) is 104 cm³/mol. The summed E-state index contributed by atoms with van der Waals surface area (Å²) in [6.45, 7) is 7.47. The Labute approximate surface area is 156 Å². The SMILES string of the molecule is CCC(CC)C(=O)N1CCC(NC(=O)c2cc(N)ccc2C)CC1.Cl. The van der Waals surface area contributed by atoms with Gasteiger partial charge < -0.3 is 16.0 Å². The molecule has 0 atom stereocenters. The average Bonchev–Trinajstić information content (AvgIpc) is 2.58. The molecular formula is C19H30ClN3O2. The van der Waals surface area contributed by atoms with Crippen LogP contribution in [-0.4, -0.2) is 35.8 Å². The van der Waals surface area contributed by atoms with Gasteiger partial charge in [0.05, 0.1) is 0 Å². The second kappa shape index (κ2) is 9.66. The van der Waals surface area contributed by atoms with Crippen LogP contribution in [0, 0.1) is 12.8 Å². The van der Waals surface area contributed by atoms with Gasteiger partial charge in [0.2, 0.25) is 5.91 Å². The number of halogens is 1. The van der Waals surface area contributed by atoms with E-state index >= 15 is 0 Å². The second-order valence-corrected chi connectivity index (χ2v) is 6.66. The van der Waals surface area contributed by atoms with E-state index in [1.165, 1.54) is 0 Å². The maximum absolute atomic E-state index is 12.5. The molecule has 3 N–H and O–H groups in total. The third-order valence-electron chi connectivity index (χ3n) is 4.98. The molecule has 1 heterocycles. The van der Waals surface area contributed by atoms with Gasteiger partial charge in [-0.3, -0.25) is 9.59 Å². The number of rotatable bonds is 5. The first-order chi connectivity index (χ1) is 11.5. The first-order valence-electron chi connectivity index (χ1n) is 8.92. The van der Waals surface area contributed by atoms with Gasteiger partial charge in [0, 0.05) is 36.3 Å². The summed E-state index contributed by atoms with van der Waals surface area (Å²) in [5.74, 6) is 0.312. The lowest BCUT2D eigenvalue weighted by molar-refractivity contribution is -0.136. The minimum absolute atomic E-state index is 0. The fourth-order valence-corrected chi connectivity index (χ4v) is 3.29. The van der Waals surface area contributed by atoms with Crippen LogP contribution in [0.5, 0.6) is 0 Å². The van der Waals surface area contributed by atoms with Crippen molar-refractivity contribution in [3.63, 3.8) is 0 Å². The quantitative estimate of drug-likeness (QED) is 0.785. The van der Waals surface area contributed by atoms with E-state index in [1.807, 2.05) is 17.9 Å². The summed E-state index contributed by atoms with van der Waals surface area (Å²) in [5, 5.41) is 3.09. The van der Waals surface area contributed by atoms with Crippen molar-refractivity contribution in [2.45, 2.75) is 52.5 Å². The minimum atomic E-state index is -0.0791. The number of nitrogen functional groups attached to an aromatic ring is 1. The molecule has 2 rings (SSSR count).